The van der Waals surface area contributed by atoms with Crippen LogP contribution in [0.3, 0.4) is 0 Å². The topological polar surface area (TPSA) is 37.8 Å². The van der Waals surface area contributed by atoms with Gasteiger partial charge in [0.1, 0.15) is 0 Å². The molecule has 0 bridgehead atoms. The SMILES string of the molecule is CCc1ccnc(NCc2ccccc2)n1. The van der Waals surface area contributed by atoms with Crippen molar-refractivity contribution in [2.75, 3.05) is 5.32 Å². The van der Waals surface area contributed by atoms with E-state index in [2.05, 4.69) is 34.3 Å². The van der Waals surface area contributed by atoms with Crippen molar-refractivity contribution in [3.05, 3.63) is 53.9 Å². The van der Waals surface area contributed by atoms with Crippen molar-refractivity contribution in [2.45, 2.75) is 19.9 Å². The molecule has 82 valence electrons. The summed E-state index contributed by atoms with van der Waals surface area (Å²) >= 11 is 0. The highest BCUT2D eigenvalue weighted by molar-refractivity contribution is 5.28. The van der Waals surface area contributed by atoms with E-state index in [9.17, 15) is 0 Å². The van der Waals surface area contributed by atoms with Gasteiger partial charge in [0.05, 0.1) is 0 Å². The summed E-state index contributed by atoms with van der Waals surface area (Å²) in [5.74, 6) is 0.697. The Morgan fingerprint density at radius 1 is 1.12 bits per heavy atom. The molecule has 0 aliphatic heterocycles. The average Bonchev–Trinajstić information content (AvgIpc) is 2.38. The number of benzene rings is 1. The van der Waals surface area contributed by atoms with Gasteiger partial charge in [0.15, 0.2) is 0 Å². The second-order valence-electron chi connectivity index (χ2n) is 3.56. The zero-order valence-electron chi connectivity index (χ0n) is 9.35. The minimum Gasteiger partial charge on any atom is -0.350 e. The van der Waals surface area contributed by atoms with Gasteiger partial charge in [-0.15, -0.1) is 0 Å². The molecule has 1 heterocycles. The monoisotopic (exact) mass is 213 g/mol. The molecule has 0 saturated carbocycles. The van der Waals surface area contributed by atoms with Gasteiger partial charge in [0.25, 0.3) is 0 Å². The molecule has 1 aromatic heterocycles. The first kappa shape index (κ1) is 10.6. The lowest BCUT2D eigenvalue weighted by atomic mass is 10.2. The molecule has 3 heteroatoms. The summed E-state index contributed by atoms with van der Waals surface area (Å²) in [6, 6.07) is 12.2. The van der Waals surface area contributed by atoms with Crippen molar-refractivity contribution < 1.29 is 0 Å². The molecule has 0 atom stereocenters. The van der Waals surface area contributed by atoms with Crippen molar-refractivity contribution in [2.24, 2.45) is 0 Å². The van der Waals surface area contributed by atoms with Gasteiger partial charge < -0.3 is 5.32 Å². The van der Waals surface area contributed by atoms with Crippen LogP contribution in [0, 0.1) is 0 Å². The lowest BCUT2D eigenvalue weighted by Gasteiger charge is -2.05. The second-order valence-corrected chi connectivity index (χ2v) is 3.56. The van der Waals surface area contributed by atoms with Gasteiger partial charge in [-0.05, 0) is 18.1 Å². The molecule has 0 amide bonds. The van der Waals surface area contributed by atoms with Crippen LogP contribution in [-0.2, 0) is 13.0 Å². The molecule has 3 nitrogen and oxygen atoms in total. The van der Waals surface area contributed by atoms with E-state index in [1.807, 2.05) is 24.3 Å². The second kappa shape index (κ2) is 5.26. The Hall–Kier alpha value is -1.90. The van der Waals surface area contributed by atoms with Crippen molar-refractivity contribution in [3.63, 3.8) is 0 Å². The summed E-state index contributed by atoms with van der Waals surface area (Å²) in [4.78, 5) is 8.56. The summed E-state index contributed by atoms with van der Waals surface area (Å²) in [5, 5.41) is 3.21. The van der Waals surface area contributed by atoms with Crippen molar-refractivity contribution in [1.82, 2.24) is 9.97 Å². The quantitative estimate of drug-likeness (QED) is 0.848. The number of hydrogen-bond donors (Lipinski definition) is 1. The van der Waals surface area contributed by atoms with Gasteiger partial charge in [-0.25, -0.2) is 9.97 Å². The maximum atomic E-state index is 4.38. The Morgan fingerprint density at radius 2 is 1.94 bits per heavy atom. The first-order chi connectivity index (χ1) is 7.88. The van der Waals surface area contributed by atoms with E-state index >= 15 is 0 Å². The van der Waals surface area contributed by atoms with Crippen LogP contribution in [0.25, 0.3) is 0 Å². The number of aryl methyl sites for hydroxylation is 1. The zero-order chi connectivity index (χ0) is 11.2. The van der Waals surface area contributed by atoms with Gasteiger partial charge in [-0.2, -0.15) is 0 Å². The summed E-state index contributed by atoms with van der Waals surface area (Å²) in [5.41, 5.74) is 2.29. The van der Waals surface area contributed by atoms with Gasteiger partial charge in [-0.1, -0.05) is 37.3 Å². The molecule has 0 aliphatic carbocycles. The summed E-state index contributed by atoms with van der Waals surface area (Å²) in [6.45, 7) is 2.84. The van der Waals surface area contributed by atoms with E-state index < -0.39 is 0 Å². The van der Waals surface area contributed by atoms with Crippen LogP contribution in [0.5, 0.6) is 0 Å². The predicted molar refractivity (Wildman–Crippen MR) is 65.2 cm³/mol. The Morgan fingerprint density at radius 3 is 2.69 bits per heavy atom. The number of hydrogen-bond acceptors (Lipinski definition) is 3. The minimum atomic E-state index is 0.697. The largest absolute Gasteiger partial charge is 0.350 e. The number of rotatable bonds is 4. The van der Waals surface area contributed by atoms with E-state index in [0.29, 0.717) is 5.95 Å². The third-order valence-corrected chi connectivity index (χ3v) is 2.37. The molecule has 0 fully saturated rings. The van der Waals surface area contributed by atoms with Gasteiger partial charge in [0, 0.05) is 18.4 Å². The van der Waals surface area contributed by atoms with Gasteiger partial charge in [-0.3, -0.25) is 0 Å². The fourth-order valence-corrected chi connectivity index (χ4v) is 1.46. The summed E-state index contributed by atoms with van der Waals surface area (Å²) in [7, 11) is 0. The van der Waals surface area contributed by atoms with Crippen LogP contribution in [0.1, 0.15) is 18.2 Å². The molecule has 1 aromatic carbocycles. The standard InChI is InChI=1S/C13H15N3/c1-2-12-8-9-14-13(16-12)15-10-11-6-4-3-5-7-11/h3-9H,2,10H2,1H3,(H,14,15,16). The fraction of sp³-hybridized carbons (Fsp3) is 0.231. The molecule has 16 heavy (non-hydrogen) atoms. The highest BCUT2D eigenvalue weighted by atomic mass is 15.1. The maximum Gasteiger partial charge on any atom is 0.223 e. The first-order valence-electron chi connectivity index (χ1n) is 5.48. The zero-order valence-corrected chi connectivity index (χ0v) is 9.35. The molecule has 0 saturated heterocycles. The summed E-state index contributed by atoms with van der Waals surface area (Å²) < 4.78 is 0. The molecular formula is C13H15N3. The van der Waals surface area contributed by atoms with E-state index in [1.165, 1.54) is 5.56 Å². The first-order valence-corrected chi connectivity index (χ1v) is 5.48. The van der Waals surface area contributed by atoms with E-state index in [-0.39, 0.29) is 0 Å². The van der Waals surface area contributed by atoms with Gasteiger partial charge in [0.2, 0.25) is 5.95 Å². The maximum absolute atomic E-state index is 4.38. The molecule has 1 N–H and O–H groups in total. The molecule has 0 spiro atoms. The van der Waals surface area contributed by atoms with Crippen LogP contribution < -0.4 is 5.32 Å². The van der Waals surface area contributed by atoms with Crippen LogP contribution in [0.4, 0.5) is 5.95 Å². The van der Waals surface area contributed by atoms with Crippen LogP contribution in [-0.4, -0.2) is 9.97 Å². The number of nitrogens with one attached hydrogen (secondary N) is 1. The number of anilines is 1. The lowest BCUT2D eigenvalue weighted by molar-refractivity contribution is 0.975. The molecule has 0 unspecified atom stereocenters. The molecule has 0 radical (unpaired) electrons. The third-order valence-electron chi connectivity index (χ3n) is 2.37. The van der Waals surface area contributed by atoms with E-state index in [1.54, 1.807) is 6.20 Å². The minimum absolute atomic E-state index is 0.697. The Labute approximate surface area is 95.6 Å². The highest BCUT2D eigenvalue weighted by Gasteiger charge is 1.97. The van der Waals surface area contributed by atoms with Crippen molar-refractivity contribution in [1.29, 1.82) is 0 Å². The van der Waals surface area contributed by atoms with Crippen molar-refractivity contribution >= 4 is 5.95 Å². The molecule has 0 aliphatic rings. The molecule has 2 aromatic rings. The number of aromatic nitrogens is 2. The third kappa shape index (κ3) is 2.79. The molecular weight excluding hydrogens is 198 g/mol. The van der Waals surface area contributed by atoms with E-state index in [4.69, 9.17) is 0 Å². The predicted octanol–water partition coefficient (Wildman–Crippen LogP) is 2.65. The van der Waals surface area contributed by atoms with Crippen LogP contribution >= 0.6 is 0 Å². The average molecular weight is 213 g/mol. The lowest BCUT2D eigenvalue weighted by Crippen LogP contribution is -2.04. The normalized spacial score (nSPS) is 10.1. The highest BCUT2D eigenvalue weighted by Crippen LogP contribution is 2.04. The van der Waals surface area contributed by atoms with E-state index in [0.717, 1.165) is 18.7 Å². The Kier molecular flexibility index (Phi) is 3.49. The van der Waals surface area contributed by atoms with Crippen LogP contribution in [0.2, 0.25) is 0 Å². The van der Waals surface area contributed by atoms with Crippen LogP contribution in [0.15, 0.2) is 42.6 Å². The summed E-state index contributed by atoms with van der Waals surface area (Å²) in [6.07, 6.45) is 2.72. The smallest absolute Gasteiger partial charge is 0.223 e. The number of nitrogens with zero attached hydrogens (tertiary/aromatic N) is 2. The fourth-order valence-electron chi connectivity index (χ4n) is 1.46. The van der Waals surface area contributed by atoms with Crippen molar-refractivity contribution in [3.8, 4) is 0 Å². The Balaban J connectivity index is 1.99. The van der Waals surface area contributed by atoms with Gasteiger partial charge >= 0.3 is 0 Å². The Bertz CT molecular complexity index is 440. The molecule has 2 rings (SSSR count).